The van der Waals surface area contributed by atoms with Crippen LogP contribution in [0.15, 0.2) is 58.5 Å². The molecule has 0 saturated heterocycles. The zero-order valence-corrected chi connectivity index (χ0v) is 20.9. The van der Waals surface area contributed by atoms with Gasteiger partial charge in [-0.1, -0.05) is 85.8 Å². The fraction of sp³-hybridized carbons (Fsp3) is 0.407. The number of thioether (sulfide) groups is 1. The zero-order valence-electron chi connectivity index (χ0n) is 20.1. The highest BCUT2D eigenvalue weighted by molar-refractivity contribution is 7.99. The monoisotopic (exact) mass is 489 g/mol. The molecule has 1 aliphatic rings. The van der Waals surface area contributed by atoms with Crippen LogP contribution in [0, 0.1) is 6.92 Å². The summed E-state index contributed by atoms with van der Waals surface area (Å²) in [4.78, 5) is 26.1. The molecule has 1 aliphatic carbocycles. The molecular weight excluding hydrogens is 458 g/mol. The molecule has 7 nitrogen and oxygen atoms in total. The molecule has 0 atom stereocenters. The van der Waals surface area contributed by atoms with Gasteiger partial charge in [0, 0.05) is 6.04 Å². The van der Waals surface area contributed by atoms with Crippen molar-refractivity contribution in [3.63, 3.8) is 0 Å². The lowest BCUT2D eigenvalue weighted by atomic mass is 9.97. The first-order chi connectivity index (χ1) is 17.1. The molecule has 2 aromatic heterocycles. The van der Waals surface area contributed by atoms with Crippen LogP contribution in [0.25, 0.3) is 16.7 Å². The molecule has 0 aliphatic heterocycles. The summed E-state index contributed by atoms with van der Waals surface area (Å²) < 4.78 is 3.57. The molecule has 4 aromatic rings. The maximum atomic E-state index is 13.4. The van der Waals surface area contributed by atoms with Gasteiger partial charge in [-0.2, -0.15) is 0 Å². The van der Waals surface area contributed by atoms with Gasteiger partial charge in [0.1, 0.15) is 0 Å². The smallest absolute Gasteiger partial charge is 0.263 e. The summed E-state index contributed by atoms with van der Waals surface area (Å²) in [6.45, 7) is 2.44. The second kappa shape index (κ2) is 10.6. The molecule has 0 unspecified atom stereocenters. The summed E-state index contributed by atoms with van der Waals surface area (Å²) in [5, 5.41) is 13.2. The van der Waals surface area contributed by atoms with Crippen molar-refractivity contribution in [3.8, 4) is 0 Å². The fourth-order valence-corrected chi connectivity index (χ4v) is 5.60. The summed E-state index contributed by atoms with van der Waals surface area (Å²) in [7, 11) is 0. The van der Waals surface area contributed by atoms with Gasteiger partial charge in [-0.3, -0.25) is 18.6 Å². The topological polar surface area (TPSA) is 81.3 Å². The van der Waals surface area contributed by atoms with Crippen molar-refractivity contribution < 1.29 is 4.79 Å². The largest absolute Gasteiger partial charge is 0.353 e. The lowest BCUT2D eigenvalue weighted by Gasteiger charge is -2.20. The molecule has 8 heteroatoms. The minimum atomic E-state index is -0.0975. The predicted molar refractivity (Wildman–Crippen MR) is 140 cm³/mol. The van der Waals surface area contributed by atoms with Crippen LogP contribution in [0.5, 0.6) is 0 Å². The van der Waals surface area contributed by atoms with Crippen LogP contribution in [-0.2, 0) is 11.3 Å². The van der Waals surface area contributed by atoms with E-state index in [-0.39, 0.29) is 23.3 Å². The van der Waals surface area contributed by atoms with Crippen LogP contribution in [0.4, 0.5) is 0 Å². The summed E-state index contributed by atoms with van der Waals surface area (Å²) in [5.74, 6) is 0.773. The average molecular weight is 490 g/mol. The fourth-order valence-electron chi connectivity index (χ4n) is 4.85. The van der Waals surface area contributed by atoms with E-state index in [0.29, 0.717) is 22.9 Å². The summed E-state index contributed by atoms with van der Waals surface area (Å²) in [6, 6.07) is 15.9. The lowest BCUT2D eigenvalue weighted by Crippen LogP contribution is -2.36. The van der Waals surface area contributed by atoms with Crippen LogP contribution in [0.2, 0.25) is 0 Å². The number of hydrogen-bond acceptors (Lipinski definition) is 5. The van der Waals surface area contributed by atoms with Crippen molar-refractivity contribution in [2.45, 2.75) is 69.6 Å². The van der Waals surface area contributed by atoms with E-state index in [2.05, 4.69) is 15.5 Å². The summed E-state index contributed by atoms with van der Waals surface area (Å²) >= 11 is 1.36. The highest BCUT2D eigenvalue weighted by atomic mass is 32.2. The molecule has 2 heterocycles. The number of rotatable bonds is 6. The quantitative estimate of drug-likeness (QED) is 0.396. The third kappa shape index (κ3) is 5.27. The summed E-state index contributed by atoms with van der Waals surface area (Å²) in [6.07, 6.45) is 8.28. The van der Waals surface area contributed by atoms with Crippen LogP contribution in [0.1, 0.15) is 56.1 Å². The van der Waals surface area contributed by atoms with Crippen LogP contribution in [-0.4, -0.2) is 36.9 Å². The van der Waals surface area contributed by atoms with Crippen molar-refractivity contribution in [1.82, 2.24) is 24.5 Å². The Morgan fingerprint density at radius 2 is 1.71 bits per heavy atom. The average Bonchev–Trinajstić information content (AvgIpc) is 3.27. The Hall–Kier alpha value is -3.13. The van der Waals surface area contributed by atoms with Gasteiger partial charge in [-0.05, 0) is 37.5 Å². The van der Waals surface area contributed by atoms with E-state index in [1.807, 2.05) is 59.9 Å². The summed E-state index contributed by atoms with van der Waals surface area (Å²) in [5.41, 5.74) is 2.84. The number of aromatic nitrogens is 4. The molecule has 0 bridgehead atoms. The number of carbonyl (C=O) groups excluding carboxylic acids is 1. The highest BCUT2D eigenvalue weighted by Crippen LogP contribution is 2.23. The van der Waals surface area contributed by atoms with E-state index in [4.69, 9.17) is 0 Å². The maximum absolute atomic E-state index is 13.4. The normalized spacial score (nSPS) is 15.2. The lowest BCUT2D eigenvalue weighted by molar-refractivity contribution is -0.119. The Morgan fingerprint density at radius 1 is 1.00 bits per heavy atom. The van der Waals surface area contributed by atoms with Crippen LogP contribution in [0.3, 0.4) is 0 Å². The van der Waals surface area contributed by atoms with Gasteiger partial charge in [0.2, 0.25) is 11.7 Å². The minimum Gasteiger partial charge on any atom is -0.353 e. The molecule has 5 rings (SSSR count). The zero-order chi connectivity index (χ0) is 24.2. The first-order valence-electron chi connectivity index (χ1n) is 12.4. The van der Waals surface area contributed by atoms with E-state index in [1.54, 1.807) is 4.57 Å². The van der Waals surface area contributed by atoms with Crippen LogP contribution >= 0.6 is 11.8 Å². The molecule has 1 fully saturated rings. The van der Waals surface area contributed by atoms with Gasteiger partial charge in [0.15, 0.2) is 5.16 Å². The van der Waals surface area contributed by atoms with E-state index >= 15 is 0 Å². The molecule has 1 amide bonds. The number of carbonyl (C=O) groups is 1. The SMILES string of the molecule is Cc1ccc(Cn2c(=O)c3ccccc3n3c(SCC(=O)NC4CCCCCCC4)nnc23)cc1. The van der Waals surface area contributed by atoms with Crippen molar-refractivity contribution in [1.29, 1.82) is 0 Å². The van der Waals surface area contributed by atoms with E-state index < -0.39 is 0 Å². The van der Waals surface area contributed by atoms with Gasteiger partial charge >= 0.3 is 0 Å². The van der Waals surface area contributed by atoms with Crippen LogP contribution < -0.4 is 10.9 Å². The Bertz CT molecular complexity index is 1380. The number of fused-ring (bicyclic) bond motifs is 3. The number of para-hydroxylation sites is 1. The Balaban J connectivity index is 1.42. The molecule has 0 spiro atoms. The standard InChI is InChI=1S/C27H31N5O2S/c1-19-13-15-20(16-14-19)17-31-25(34)22-11-7-8-12-23(22)32-26(31)29-30-27(32)35-18-24(33)28-21-9-5-3-2-4-6-10-21/h7-8,11-16,21H,2-6,9-10,17-18H2,1H3,(H,28,33). The number of aryl methyl sites for hydroxylation is 1. The minimum absolute atomic E-state index is 0.0228. The molecular formula is C27H31N5O2S. The molecule has 1 N–H and O–H groups in total. The number of nitrogens with one attached hydrogen (secondary N) is 1. The Labute approximate surface area is 208 Å². The second-order valence-corrected chi connectivity index (χ2v) is 10.4. The Morgan fingerprint density at radius 3 is 2.49 bits per heavy atom. The predicted octanol–water partition coefficient (Wildman–Crippen LogP) is 4.72. The number of amides is 1. The third-order valence-electron chi connectivity index (χ3n) is 6.74. The highest BCUT2D eigenvalue weighted by Gasteiger charge is 2.19. The van der Waals surface area contributed by atoms with Crippen molar-refractivity contribution >= 4 is 34.3 Å². The van der Waals surface area contributed by atoms with Gasteiger partial charge in [-0.25, -0.2) is 0 Å². The number of hydrogen-bond donors (Lipinski definition) is 1. The van der Waals surface area contributed by atoms with Gasteiger partial charge in [0.05, 0.1) is 23.2 Å². The van der Waals surface area contributed by atoms with Gasteiger partial charge in [0.25, 0.3) is 5.56 Å². The first-order valence-corrected chi connectivity index (χ1v) is 13.4. The Kier molecular flexibility index (Phi) is 7.18. The van der Waals surface area contributed by atoms with E-state index in [1.165, 1.54) is 49.4 Å². The number of nitrogens with zero attached hydrogens (tertiary/aromatic N) is 4. The number of benzene rings is 2. The van der Waals surface area contributed by atoms with E-state index in [0.717, 1.165) is 23.9 Å². The molecule has 0 radical (unpaired) electrons. The van der Waals surface area contributed by atoms with Gasteiger partial charge < -0.3 is 5.32 Å². The van der Waals surface area contributed by atoms with Crippen molar-refractivity contribution in [3.05, 3.63) is 70.0 Å². The maximum Gasteiger partial charge on any atom is 0.263 e. The third-order valence-corrected chi connectivity index (χ3v) is 7.67. The van der Waals surface area contributed by atoms with E-state index in [9.17, 15) is 9.59 Å². The first kappa shape index (κ1) is 23.6. The van der Waals surface area contributed by atoms with Crippen molar-refractivity contribution in [2.24, 2.45) is 0 Å². The molecule has 182 valence electrons. The molecule has 1 saturated carbocycles. The molecule has 35 heavy (non-hydrogen) atoms. The second-order valence-electron chi connectivity index (χ2n) is 9.41. The van der Waals surface area contributed by atoms with Gasteiger partial charge in [-0.15, -0.1) is 10.2 Å². The molecule has 2 aromatic carbocycles. The van der Waals surface area contributed by atoms with Crippen molar-refractivity contribution in [2.75, 3.05) is 5.75 Å².